The van der Waals surface area contributed by atoms with Gasteiger partial charge in [-0.15, -0.1) is 0 Å². The molecule has 3 aromatic rings. The molecule has 4 heterocycles. The molecule has 0 saturated carbocycles. The SMILES string of the molecule is CCN(CC)C(=O)c1ccc(-c2ccc(C(C)(C)C(=O)N3CC[C@@]4(C3)OC(=O)c3cnccc34)c(F)c2)cn1. The van der Waals surface area contributed by atoms with Gasteiger partial charge in [-0.25, -0.2) is 9.18 Å². The number of rotatable bonds is 6. The number of benzene rings is 1. The van der Waals surface area contributed by atoms with E-state index in [2.05, 4.69) is 9.97 Å². The van der Waals surface area contributed by atoms with E-state index >= 15 is 4.39 Å². The lowest BCUT2D eigenvalue weighted by Gasteiger charge is -2.31. The number of fused-ring (bicyclic) bond motifs is 2. The van der Waals surface area contributed by atoms with E-state index in [9.17, 15) is 14.4 Å². The Bertz CT molecular complexity index is 1450. The maximum absolute atomic E-state index is 15.5. The third kappa shape index (κ3) is 4.45. The van der Waals surface area contributed by atoms with Gasteiger partial charge in [0.1, 0.15) is 11.5 Å². The van der Waals surface area contributed by atoms with Crippen molar-refractivity contribution in [1.29, 1.82) is 0 Å². The summed E-state index contributed by atoms with van der Waals surface area (Å²) in [7, 11) is 0. The molecule has 0 bridgehead atoms. The number of hydrogen-bond acceptors (Lipinski definition) is 6. The van der Waals surface area contributed by atoms with Gasteiger partial charge in [-0.3, -0.25) is 19.6 Å². The largest absolute Gasteiger partial charge is 0.449 e. The summed E-state index contributed by atoms with van der Waals surface area (Å²) in [6.45, 7) is 9.01. The molecule has 1 fully saturated rings. The van der Waals surface area contributed by atoms with E-state index in [1.54, 1.807) is 66.4 Å². The van der Waals surface area contributed by atoms with Crippen molar-refractivity contribution in [2.75, 3.05) is 26.2 Å². The summed E-state index contributed by atoms with van der Waals surface area (Å²) >= 11 is 0. The van der Waals surface area contributed by atoms with Crippen molar-refractivity contribution in [3.05, 3.63) is 83.2 Å². The number of halogens is 1. The summed E-state index contributed by atoms with van der Waals surface area (Å²) in [6.07, 6.45) is 5.13. The van der Waals surface area contributed by atoms with Crippen molar-refractivity contribution < 1.29 is 23.5 Å². The molecule has 9 heteroatoms. The van der Waals surface area contributed by atoms with E-state index in [4.69, 9.17) is 4.74 Å². The number of aromatic nitrogens is 2. The van der Waals surface area contributed by atoms with Crippen LogP contribution < -0.4 is 0 Å². The molecule has 202 valence electrons. The molecule has 2 aliphatic rings. The summed E-state index contributed by atoms with van der Waals surface area (Å²) in [6, 6.07) is 9.92. The molecule has 8 nitrogen and oxygen atoms in total. The lowest BCUT2D eigenvalue weighted by Crippen LogP contribution is -2.44. The Labute approximate surface area is 226 Å². The number of amides is 2. The first-order chi connectivity index (χ1) is 18.6. The minimum atomic E-state index is -1.16. The first-order valence-corrected chi connectivity index (χ1v) is 13.1. The molecule has 1 saturated heterocycles. The summed E-state index contributed by atoms with van der Waals surface area (Å²) in [5.41, 5.74) is 0.978. The second-order valence-corrected chi connectivity index (χ2v) is 10.5. The van der Waals surface area contributed by atoms with Gasteiger partial charge in [-0.2, -0.15) is 0 Å². The molecule has 39 heavy (non-hydrogen) atoms. The zero-order valence-electron chi connectivity index (χ0n) is 22.5. The number of carbonyl (C=O) groups is 3. The Balaban J connectivity index is 1.34. The summed E-state index contributed by atoms with van der Waals surface area (Å²) in [5.74, 6) is -1.34. The predicted molar refractivity (Wildman–Crippen MR) is 142 cm³/mol. The van der Waals surface area contributed by atoms with Gasteiger partial charge in [0.25, 0.3) is 5.91 Å². The van der Waals surface area contributed by atoms with E-state index in [0.717, 1.165) is 5.56 Å². The van der Waals surface area contributed by atoms with Crippen LogP contribution in [0.5, 0.6) is 0 Å². The zero-order valence-corrected chi connectivity index (χ0v) is 22.5. The summed E-state index contributed by atoms with van der Waals surface area (Å²) in [5, 5.41) is 0. The van der Waals surface area contributed by atoms with Gasteiger partial charge < -0.3 is 14.5 Å². The molecule has 1 atom stereocenters. The molecule has 1 aromatic carbocycles. The Morgan fingerprint density at radius 1 is 1.10 bits per heavy atom. The molecule has 2 aliphatic heterocycles. The number of ether oxygens (including phenoxy) is 1. The second kappa shape index (κ2) is 9.87. The van der Waals surface area contributed by atoms with Crippen LogP contribution in [0.25, 0.3) is 11.1 Å². The van der Waals surface area contributed by atoms with Crippen LogP contribution in [-0.4, -0.2) is 63.7 Å². The Morgan fingerprint density at radius 2 is 1.85 bits per heavy atom. The van der Waals surface area contributed by atoms with Crippen LogP contribution in [0.2, 0.25) is 0 Å². The lowest BCUT2D eigenvalue weighted by molar-refractivity contribution is -0.136. The molecule has 2 amide bonds. The van der Waals surface area contributed by atoms with Crippen LogP contribution in [0.15, 0.2) is 55.0 Å². The van der Waals surface area contributed by atoms with Crippen molar-refractivity contribution in [2.45, 2.75) is 45.1 Å². The second-order valence-electron chi connectivity index (χ2n) is 10.5. The van der Waals surface area contributed by atoms with E-state index < -0.39 is 22.8 Å². The van der Waals surface area contributed by atoms with E-state index in [1.165, 1.54) is 12.3 Å². The topological polar surface area (TPSA) is 92.7 Å². The Morgan fingerprint density at radius 3 is 2.51 bits per heavy atom. The standard InChI is InChI=1S/C30H31FN4O4/c1-5-34(6-2)26(36)25-10-8-20(16-33-25)19-7-9-23(24(31)15-19)29(3,4)28(38)35-14-12-30(18-35)22-11-13-32-17-21(22)27(37)39-30/h7-11,13,15-17H,5-6,12,14,18H2,1-4H3/t30-/m0/s1. The molecule has 0 aliphatic carbocycles. The maximum atomic E-state index is 15.5. The van der Waals surface area contributed by atoms with Crippen LogP contribution in [-0.2, 0) is 20.5 Å². The van der Waals surface area contributed by atoms with E-state index in [1.807, 2.05) is 13.8 Å². The van der Waals surface area contributed by atoms with Gasteiger partial charge in [-0.1, -0.05) is 18.2 Å². The van der Waals surface area contributed by atoms with Crippen molar-refractivity contribution >= 4 is 17.8 Å². The third-order valence-electron chi connectivity index (χ3n) is 7.88. The summed E-state index contributed by atoms with van der Waals surface area (Å²) in [4.78, 5) is 50.2. The molecular formula is C30H31FN4O4. The normalized spacial score (nSPS) is 18.3. The van der Waals surface area contributed by atoms with Gasteiger partial charge in [-0.05, 0) is 51.5 Å². The predicted octanol–water partition coefficient (Wildman–Crippen LogP) is 4.34. The highest BCUT2D eigenvalue weighted by Gasteiger charge is 2.52. The lowest BCUT2D eigenvalue weighted by atomic mass is 9.82. The number of carbonyl (C=O) groups excluding carboxylic acids is 3. The van der Waals surface area contributed by atoms with E-state index in [-0.39, 0.29) is 23.9 Å². The smallest absolute Gasteiger partial charge is 0.341 e. The van der Waals surface area contributed by atoms with Crippen LogP contribution in [0.4, 0.5) is 4.39 Å². The minimum Gasteiger partial charge on any atom is -0.449 e. The highest BCUT2D eigenvalue weighted by molar-refractivity contribution is 5.95. The average Bonchev–Trinajstić information content (AvgIpc) is 3.49. The first kappa shape index (κ1) is 26.5. The van der Waals surface area contributed by atoms with Crippen LogP contribution in [0.3, 0.4) is 0 Å². The fourth-order valence-electron chi connectivity index (χ4n) is 5.58. The number of likely N-dealkylation sites (tertiary alicyclic amines) is 1. The Kier molecular flexibility index (Phi) is 6.70. The first-order valence-electron chi connectivity index (χ1n) is 13.1. The average molecular weight is 531 g/mol. The number of pyridine rings is 2. The van der Waals surface area contributed by atoms with Crippen molar-refractivity contribution in [3.63, 3.8) is 0 Å². The molecule has 0 N–H and O–H groups in total. The van der Waals surface area contributed by atoms with Crippen molar-refractivity contribution in [3.8, 4) is 11.1 Å². The molecular weight excluding hydrogens is 499 g/mol. The monoisotopic (exact) mass is 530 g/mol. The Hall–Kier alpha value is -4.14. The fraction of sp³-hybridized carbons (Fsp3) is 0.367. The van der Waals surface area contributed by atoms with Gasteiger partial charge in [0.05, 0.1) is 17.5 Å². The minimum absolute atomic E-state index is 0.149. The fourth-order valence-corrected chi connectivity index (χ4v) is 5.58. The third-order valence-corrected chi connectivity index (χ3v) is 7.88. The highest BCUT2D eigenvalue weighted by atomic mass is 19.1. The van der Waals surface area contributed by atoms with E-state index in [0.29, 0.717) is 48.4 Å². The number of hydrogen-bond donors (Lipinski definition) is 0. The molecule has 1 spiro atoms. The summed E-state index contributed by atoms with van der Waals surface area (Å²) < 4.78 is 21.2. The highest BCUT2D eigenvalue weighted by Crippen LogP contribution is 2.44. The molecule has 2 aromatic heterocycles. The van der Waals surface area contributed by atoms with Crippen LogP contribution in [0.1, 0.15) is 66.1 Å². The molecule has 0 unspecified atom stereocenters. The van der Waals surface area contributed by atoms with Gasteiger partial charge in [0.2, 0.25) is 5.91 Å². The molecule has 0 radical (unpaired) electrons. The van der Waals surface area contributed by atoms with Crippen molar-refractivity contribution in [1.82, 2.24) is 19.8 Å². The van der Waals surface area contributed by atoms with Crippen LogP contribution in [0, 0.1) is 5.82 Å². The van der Waals surface area contributed by atoms with Gasteiger partial charge in [0, 0.05) is 61.3 Å². The number of nitrogens with zero attached hydrogens (tertiary/aromatic N) is 4. The van der Waals surface area contributed by atoms with Crippen LogP contribution >= 0.6 is 0 Å². The van der Waals surface area contributed by atoms with Crippen molar-refractivity contribution in [2.24, 2.45) is 0 Å². The number of esters is 1. The van der Waals surface area contributed by atoms with Gasteiger partial charge in [0.15, 0.2) is 5.60 Å². The molecule has 5 rings (SSSR count). The quantitative estimate of drug-likeness (QED) is 0.440. The maximum Gasteiger partial charge on any atom is 0.341 e. The van der Waals surface area contributed by atoms with Gasteiger partial charge >= 0.3 is 5.97 Å². The zero-order chi connectivity index (χ0) is 27.9.